The van der Waals surface area contributed by atoms with Crippen LogP contribution in [0.5, 0.6) is 0 Å². The maximum absolute atomic E-state index is 12.1. The maximum Gasteiger partial charge on any atom is 0.225 e. The van der Waals surface area contributed by atoms with Gasteiger partial charge in [0.15, 0.2) is 0 Å². The lowest BCUT2D eigenvalue weighted by atomic mass is 10.1. The first-order valence-electron chi connectivity index (χ1n) is 7.46. The van der Waals surface area contributed by atoms with Gasteiger partial charge in [-0.25, -0.2) is 0 Å². The quantitative estimate of drug-likeness (QED) is 0.737. The lowest BCUT2D eigenvalue weighted by Gasteiger charge is -2.19. The second-order valence-corrected chi connectivity index (χ2v) is 5.14. The minimum atomic E-state index is -0.0247. The molecule has 0 radical (unpaired) electrons. The van der Waals surface area contributed by atoms with Crippen molar-refractivity contribution in [2.24, 2.45) is 0 Å². The number of rotatable bonds is 8. The van der Waals surface area contributed by atoms with Crippen LogP contribution >= 0.6 is 0 Å². The monoisotopic (exact) mass is 298 g/mol. The first-order valence-corrected chi connectivity index (χ1v) is 7.46. The summed E-state index contributed by atoms with van der Waals surface area (Å²) >= 11 is 0. The third-order valence-electron chi connectivity index (χ3n) is 3.52. The molecule has 1 amide bonds. The van der Waals surface area contributed by atoms with Crippen LogP contribution in [0.1, 0.15) is 6.42 Å². The Kier molecular flexibility index (Phi) is 6.13. The van der Waals surface area contributed by atoms with E-state index in [-0.39, 0.29) is 12.5 Å². The van der Waals surface area contributed by atoms with E-state index in [1.54, 1.807) is 6.08 Å². The van der Waals surface area contributed by atoms with Gasteiger partial charge >= 0.3 is 0 Å². The molecule has 0 heterocycles. The molecule has 0 aliphatic heterocycles. The molecule has 4 heteroatoms. The summed E-state index contributed by atoms with van der Waals surface area (Å²) in [5.74, 6) is -0.0247. The number of nitrogens with zero attached hydrogens (tertiary/aromatic N) is 1. The summed E-state index contributed by atoms with van der Waals surface area (Å²) in [5.41, 5.74) is 0.834. The van der Waals surface area contributed by atoms with Crippen molar-refractivity contribution in [3.63, 3.8) is 0 Å². The number of aliphatic hydroxyl groups excluding tert-OH is 1. The molecule has 0 unspecified atom stereocenters. The Morgan fingerprint density at radius 1 is 1.18 bits per heavy atom. The van der Waals surface area contributed by atoms with E-state index in [1.807, 2.05) is 47.4 Å². The third-order valence-corrected chi connectivity index (χ3v) is 3.52. The molecule has 0 fully saturated rings. The van der Waals surface area contributed by atoms with Crippen molar-refractivity contribution in [3.8, 4) is 0 Å². The maximum atomic E-state index is 12.1. The van der Waals surface area contributed by atoms with Crippen LogP contribution in [0.4, 0.5) is 5.69 Å². The summed E-state index contributed by atoms with van der Waals surface area (Å²) in [6.45, 7) is 5.59. The van der Waals surface area contributed by atoms with Gasteiger partial charge in [-0.15, -0.1) is 6.58 Å². The van der Waals surface area contributed by atoms with Gasteiger partial charge in [-0.05, 0) is 11.5 Å². The molecule has 0 atom stereocenters. The van der Waals surface area contributed by atoms with Gasteiger partial charge in [0.1, 0.15) is 0 Å². The van der Waals surface area contributed by atoms with Crippen molar-refractivity contribution in [2.45, 2.75) is 6.42 Å². The van der Waals surface area contributed by atoms with E-state index >= 15 is 0 Å². The molecule has 0 aromatic heterocycles. The van der Waals surface area contributed by atoms with E-state index in [4.69, 9.17) is 5.11 Å². The summed E-state index contributed by atoms with van der Waals surface area (Å²) in [6.07, 6.45) is 2.16. The Morgan fingerprint density at radius 3 is 2.73 bits per heavy atom. The molecular weight excluding hydrogens is 276 g/mol. The highest BCUT2D eigenvalue weighted by molar-refractivity contribution is 6.02. The topological polar surface area (TPSA) is 52.6 Å². The fraction of sp³-hybridized carbons (Fsp3) is 0.278. The van der Waals surface area contributed by atoms with Crippen molar-refractivity contribution < 1.29 is 9.90 Å². The van der Waals surface area contributed by atoms with Crippen LogP contribution < -0.4 is 5.32 Å². The molecule has 4 nitrogen and oxygen atoms in total. The zero-order valence-corrected chi connectivity index (χ0v) is 12.7. The Morgan fingerprint density at radius 2 is 1.95 bits per heavy atom. The highest BCUT2D eigenvalue weighted by atomic mass is 16.3. The van der Waals surface area contributed by atoms with Crippen LogP contribution in [-0.2, 0) is 4.79 Å². The summed E-state index contributed by atoms with van der Waals surface area (Å²) in [7, 11) is 0. The molecule has 22 heavy (non-hydrogen) atoms. The predicted molar refractivity (Wildman–Crippen MR) is 90.9 cm³/mol. The number of amides is 1. The number of benzene rings is 2. The minimum absolute atomic E-state index is 0.0247. The fourth-order valence-corrected chi connectivity index (χ4v) is 2.43. The Bertz CT molecular complexity index is 635. The van der Waals surface area contributed by atoms with Crippen LogP contribution in [0, 0.1) is 0 Å². The number of carbonyl (C=O) groups excluding carboxylic acids is 1. The van der Waals surface area contributed by atoms with E-state index in [0.29, 0.717) is 26.1 Å². The SMILES string of the molecule is C=CCN(CCO)CCC(=O)Nc1cccc2ccccc12. The van der Waals surface area contributed by atoms with Crippen LogP contribution in [0.25, 0.3) is 10.8 Å². The van der Waals surface area contributed by atoms with Crippen LogP contribution in [0.15, 0.2) is 55.1 Å². The summed E-state index contributed by atoms with van der Waals surface area (Å²) in [4.78, 5) is 14.1. The second kappa shape index (κ2) is 8.32. The molecule has 2 aromatic carbocycles. The molecule has 0 saturated carbocycles. The van der Waals surface area contributed by atoms with E-state index < -0.39 is 0 Å². The van der Waals surface area contributed by atoms with Crippen molar-refractivity contribution in [2.75, 3.05) is 31.6 Å². The van der Waals surface area contributed by atoms with Gasteiger partial charge in [-0.2, -0.15) is 0 Å². The average Bonchev–Trinajstić information content (AvgIpc) is 2.53. The highest BCUT2D eigenvalue weighted by Crippen LogP contribution is 2.22. The van der Waals surface area contributed by atoms with Gasteiger partial charge in [-0.3, -0.25) is 9.69 Å². The molecule has 0 aliphatic rings. The molecular formula is C18H22N2O2. The van der Waals surface area contributed by atoms with E-state index in [1.165, 1.54) is 0 Å². The lowest BCUT2D eigenvalue weighted by molar-refractivity contribution is -0.116. The predicted octanol–water partition coefficient (Wildman–Crippen LogP) is 2.65. The summed E-state index contributed by atoms with van der Waals surface area (Å²) in [6, 6.07) is 13.8. The molecule has 0 aliphatic carbocycles. The van der Waals surface area contributed by atoms with Gasteiger partial charge < -0.3 is 10.4 Å². The average molecular weight is 298 g/mol. The molecule has 2 aromatic rings. The van der Waals surface area contributed by atoms with Gasteiger partial charge in [0.05, 0.1) is 6.61 Å². The first kappa shape index (κ1) is 16.2. The number of anilines is 1. The van der Waals surface area contributed by atoms with Crippen molar-refractivity contribution in [3.05, 3.63) is 55.1 Å². The normalized spacial score (nSPS) is 10.8. The Balaban J connectivity index is 1.97. The highest BCUT2D eigenvalue weighted by Gasteiger charge is 2.08. The van der Waals surface area contributed by atoms with E-state index in [2.05, 4.69) is 11.9 Å². The second-order valence-electron chi connectivity index (χ2n) is 5.14. The molecule has 116 valence electrons. The van der Waals surface area contributed by atoms with Crippen molar-refractivity contribution in [1.82, 2.24) is 4.90 Å². The number of aliphatic hydroxyl groups is 1. The number of hydrogen-bond acceptors (Lipinski definition) is 3. The van der Waals surface area contributed by atoms with Crippen LogP contribution in [-0.4, -0.2) is 42.2 Å². The number of nitrogens with one attached hydrogen (secondary N) is 1. The van der Waals surface area contributed by atoms with Crippen LogP contribution in [0.3, 0.4) is 0 Å². The Labute approximate surface area is 131 Å². The molecule has 2 rings (SSSR count). The van der Waals surface area contributed by atoms with Gasteiger partial charge in [0.2, 0.25) is 5.91 Å². The number of hydrogen-bond donors (Lipinski definition) is 2. The largest absolute Gasteiger partial charge is 0.395 e. The van der Waals surface area contributed by atoms with Crippen molar-refractivity contribution in [1.29, 1.82) is 0 Å². The van der Waals surface area contributed by atoms with E-state index in [9.17, 15) is 4.79 Å². The fourth-order valence-electron chi connectivity index (χ4n) is 2.43. The van der Waals surface area contributed by atoms with E-state index in [0.717, 1.165) is 16.5 Å². The number of fused-ring (bicyclic) bond motifs is 1. The van der Waals surface area contributed by atoms with Gasteiger partial charge in [0, 0.05) is 37.1 Å². The Hall–Kier alpha value is -2.17. The number of carbonyl (C=O) groups is 1. The van der Waals surface area contributed by atoms with Gasteiger partial charge in [-0.1, -0.05) is 42.5 Å². The zero-order chi connectivity index (χ0) is 15.8. The van der Waals surface area contributed by atoms with Crippen LogP contribution in [0.2, 0.25) is 0 Å². The summed E-state index contributed by atoms with van der Waals surface area (Å²) in [5, 5.41) is 14.1. The van der Waals surface area contributed by atoms with Gasteiger partial charge in [0.25, 0.3) is 0 Å². The molecule has 2 N–H and O–H groups in total. The minimum Gasteiger partial charge on any atom is -0.395 e. The molecule has 0 bridgehead atoms. The first-order chi connectivity index (χ1) is 10.7. The summed E-state index contributed by atoms with van der Waals surface area (Å²) < 4.78 is 0. The third kappa shape index (κ3) is 4.41. The van der Waals surface area contributed by atoms with Crippen molar-refractivity contribution >= 4 is 22.4 Å². The zero-order valence-electron chi connectivity index (χ0n) is 12.7. The molecule has 0 saturated heterocycles. The standard InChI is InChI=1S/C18H22N2O2/c1-2-11-20(13-14-21)12-10-18(22)19-17-9-5-7-15-6-3-4-8-16(15)17/h2-9,21H,1,10-14H2,(H,19,22). The molecule has 0 spiro atoms. The smallest absolute Gasteiger partial charge is 0.225 e. The lowest BCUT2D eigenvalue weighted by Crippen LogP contribution is -2.30.